The average molecular weight is 140 g/mol. The van der Waals surface area contributed by atoms with Gasteiger partial charge in [0.25, 0.3) is 0 Å². The molecule has 0 aliphatic heterocycles. The lowest BCUT2D eigenvalue weighted by Gasteiger charge is -1.96. The van der Waals surface area contributed by atoms with E-state index in [2.05, 4.69) is 9.46 Å². The monoisotopic (exact) mass is 140 g/mol. The van der Waals surface area contributed by atoms with Gasteiger partial charge in [-0.05, 0) is 6.92 Å². The maximum Gasteiger partial charge on any atom is 0.385 e. The van der Waals surface area contributed by atoms with Crippen molar-refractivity contribution in [2.24, 2.45) is 0 Å². The molecule has 0 aliphatic rings. The Morgan fingerprint density at radius 3 is 2.88 bits per heavy atom. The van der Waals surface area contributed by atoms with Gasteiger partial charge in [-0.2, -0.15) is 4.62 Å². The minimum absolute atomic E-state index is 0.378. The summed E-state index contributed by atoms with van der Waals surface area (Å²) in [6.07, 6.45) is 0. The van der Waals surface area contributed by atoms with Crippen LogP contribution in [0.2, 0.25) is 0 Å². The van der Waals surface area contributed by atoms with Gasteiger partial charge >= 0.3 is 8.25 Å². The number of hydrogen-bond acceptors (Lipinski definition) is 4. The highest BCUT2D eigenvalue weighted by Crippen LogP contribution is 2.10. The first-order valence-electron chi connectivity index (χ1n) is 1.97. The van der Waals surface area contributed by atoms with Gasteiger partial charge in [0.15, 0.2) is 0 Å². The highest BCUT2D eigenvalue weighted by Gasteiger charge is 1.89. The minimum atomic E-state index is -2.60. The first-order chi connectivity index (χ1) is 3.77. The van der Waals surface area contributed by atoms with Gasteiger partial charge in [0, 0.05) is 0 Å². The molecule has 0 bridgehead atoms. The van der Waals surface area contributed by atoms with Crippen molar-refractivity contribution in [3.05, 3.63) is 0 Å². The molecule has 5 nitrogen and oxygen atoms in total. The lowest BCUT2D eigenvalue weighted by Crippen LogP contribution is -2.10. The largest absolute Gasteiger partial charge is 0.385 e. The van der Waals surface area contributed by atoms with Gasteiger partial charge in [-0.25, -0.2) is 4.57 Å². The normalized spacial score (nSPS) is 11.5. The second-order valence-corrected chi connectivity index (χ2v) is 1.50. The van der Waals surface area contributed by atoms with Gasteiger partial charge in [0.1, 0.15) is 0 Å². The molecule has 0 saturated carbocycles. The second kappa shape index (κ2) is 5.08. The Morgan fingerprint density at radius 1 is 1.88 bits per heavy atom. The average Bonchev–Trinajstić information content (AvgIpc) is 1.66. The van der Waals surface area contributed by atoms with Crippen LogP contribution in [0.25, 0.3) is 0 Å². The molecule has 8 heavy (non-hydrogen) atoms. The summed E-state index contributed by atoms with van der Waals surface area (Å²) in [6.45, 7) is 2.09. The van der Waals surface area contributed by atoms with E-state index < -0.39 is 8.25 Å². The molecule has 1 unspecified atom stereocenters. The van der Waals surface area contributed by atoms with Gasteiger partial charge in [-0.1, -0.05) is 5.64 Å². The second-order valence-electron chi connectivity index (χ2n) is 0.845. The Bertz CT molecular complexity index is 76.4. The van der Waals surface area contributed by atoms with Crippen molar-refractivity contribution in [3.63, 3.8) is 0 Å². The molecule has 0 aromatic rings. The van der Waals surface area contributed by atoms with Crippen LogP contribution < -0.4 is 5.64 Å². The van der Waals surface area contributed by atoms with Crippen molar-refractivity contribution < 1.29 is 18.9 Å². The summed E-state index contributed by atoms with van der Waals surface area (Å²) in [7, 11) is -2.60. The Balaban J connectivity index is 2.82. The van der Waals surface area contributed by atoms with Crippen LogP contribution in [-0.4, -0.2) is 11.5 Å². The van der Waals surface area contributed by atoms with Gasteiger partial charge in [-0.3, -0.25) is 9.73 Å². The Morgan fingerprint density at radius 2 is 2.50 bits per heavy atom. The van der Waals surface area contributed by atoms with Crippen molar-refractivity contribution in [1.82, 2.24) is 5.64 Å². The van der Waals surface area contributed by atoms with E-state index in [1.807, 2.05) is 0 Å². The summed E-state index contributed by atoms with van der Waals surface area (Å²) in [5.41, 5.74) is 1.80. The predicted molar refractivity (Wildman–Crippen MR) is 25.7 cm³/mol. The molecule has 0 aromatic heterocycles. The third-order valence-corrected chi connectivity index (χ3v) is 0.549. The van der Waals surface area contributed by atoms with E-state index in [1.54, 1.807) is 12.6 Å². The van der Waals surface area contributed by atoms with Crippen molar-refractivity contribution >= 4 is 8.25 Å². The van der Waals surface area contributed by atoms with Crippen LogP contribution in [0.5, 0.6) is 0 Å². The maximum atomic E-state index is 9.66. The zero-order chi connectivity index (χ0) is 6.41. The SMILES string of the molecule is CCONO[P](=O)O. The molecular weight excluding hydrogens is 133 g/mol. The standard InChI is InChI=1S/C2H7NO4P/c1-2-6-3-7-8(4)5/h3H,2H2,1H3,(H,4,5). The molecule has 0 heterocycles. The Labute approximate surface area is 47.5 Å². The maximum absolute atomic E-state index is 9.66. The fourth-order valence-corrected chi connectivity index (χ4v) is 0.234. The highest BCUT2D eigenvalue weighted by molar-refractivity contribution is 7.32. The fraction of sp³-hybridized carbons (Fsp3) is 1.00. The van der Waals surface area contributed by atoms with E-state index in [0.29, 0.717) is 6.61 Å². The van der Waals surface area contributed by atoms with Crippen LogP contribution in [0.4, 0.5) is 0 Å². The third kappa shape index (κ3) is 5.94. The predicted octanol–water partition coefficient (Wildman–Crippen LogP) is 0.109. The molecule has 0 aliphatic carbocycles. The molecule has 2 N–H and O–H groups in total. The summed E-state index contributed by atoms with van der Waals surface area (Å²) in [4.78, 5) is 12.3. The van der Waals surface area contributed by atoms with Crippen LogP contribution in [0.1, 0.15) is 6.92 Å². The molecule has 0 rings (SSSR count). The third-order valence-electron chi connectivity index (χ3n) is 0.319. The number of hydrogen-bond donors (Lipinski definition) is 2. The minimum Gasteiger partial charge on any atom is -0.297 e. The van der Waals surface area contributed by atoms with E-state index in [4.69, 9.17) is 4.89 Å². The molecule has 0 saturated heterocycles. The van der Waals surface area contributed by atoms with Gasteiger partial charge < -0.3 is 0 Å². The smallest absolute Gasteiger partial charge is 0.297 e. The van der Waals surface area contributed by atoms with Gasteiger partial charge in [0.05, 0.1) is 6.61 Å². The van der Waals surface area contributed by atoms with Crippen molar-refractivity contribution in [2.45, 2.75) is 6.92 Å². The van der Waals surface area contributed by atoms with Crippen LogP contribution >= 0.6 is 8.25 Å². The van der Waals surface area contributed by atoms with Gasteiger partial charge in [-0.15, -0.1) is 0 Å². The fourth-order valence-electron chi connectivity index (χ4n) is 0.117. The summed E-state index contributed by atoms with van der Waals surface area (Å²) >= 11 is 0. The van der Waals surface area contributed by atoms with Crippen molar-refractivity contribution in [2.75, 3.05) is 6.61 Å². The molecule has 6 heteroatoms. The van der Waals surface area contributed by atoms with Gasteiger partial charge in [0.2, 0.25) is 0 Å². The first-order valence-corrected chi connectivity index (χ1v) is 3.10. The topological polar surface area (TPSA) is 67.8 Å². The van der Waals surface area contributed by atoms with E-state index in [-0.39, 0.29) is 0 Å². The summed E-state index contributed by atoms with van der Waals surface area (Å²) < 4.78 is 13.5. The van der Waals surface area contributed by atoms with Crippen LogP contribution in [0.3, 0.4) is 0 Å². The Kier molecular flexibility index (Phi) is 5.05. The van der Waals surface area contributed by atoms with E-state index >= 15 is 0 Å². The summed E-state index contributed by atoms with van der Waals surface area (Å²) in [5, 5.41) is 0. The number of nitrogens with one attached hydrogen (secondary N) is 1. The quantitative estimate of drug-likeness (QED) is 0.329. The molecule has 0 spiro atoms. The molecule has 0 amide bonds. The van der Waals surface area contributed by atoms with E-state index in [1.165, 1.54) is 0 Å². The van der Waals surface area contributed by atoms with Crippen molar-refractivity contribution in [1.29, 1.82) is 0 Å². The molecule has 49 valence electrons. The molecule has 0 aromatic carbocycles. The summed E-state index contributed by atoms with van der Waals surface area (Å²) in [5.74, 6) is 0. The van der Waals surface area contributed by atoms with E-state index in [9.17, 15) is 4.57 Å². The number of rotatable bonds is 4. The highest BCUT2D eigenvalue weighted by atomic mass is 31.1. The lowest BCUT2D eigenvalue weighted by atomic mass is 10.9. The zero-order valence-electron chi connectivity index (χ0n) is 4.33. The molecular formula is C2H7NO4P. The van der Waals surface area contributed by atoms with Crippen LogP contribution in [0, 0.1) is 0 Å². The van der Waals surface area contributed by atoms with E-state index in [0.717, 1.165) is 0 Å². The summed E-state index contributed by atoms with van der Waals surface area (Å²) in [6, 6.07) is 0. The van der Waals surface area contributed by atoms with Crippen molar-refractivity contribution in [3.8, 4) is 0 Å². The zero-order valence-corrected chi connectivity index (χ0v) is 5.22. The lowest BCUT2D eigenvalue weighted by molar-refractivity contribution is -0.102. The van der Waals surface area contributed by atoms with Crippen LogP contribution in [-0.2, 0) is 14.0 Å². The molecule has 0 fully saturated rings. The molecule has 1 atom stereocenters. The molecule has 1 radical (unpaired) electrons. The van der Waals surface area contributed by atoms with Crippen LogP contribution in [0.15, 0.2) is 0 Å². The Hall–Kier alpha value is -0.0600. The first kappa shape index (κ1) is 7.94.